The average Bonchev–Trinajstić information content (AvgIpc) is 3.20. The number of ether oxygens (including phenoxy) is 2. The monoisotopic (exact) mass is 950 g/mol. The highest BCUT2D eigenvalue weighted by Gasteiger charge is 2.14. The SMILES string of the molecule is CC(=O)c1cccc(C(=O)O)c1.CC(CO)CBr.CCSC(=O)CCCCCO.CCSC(=O)CCCCCOC(=O)c1cccc(C(=O)OCC(C)CBr)c1. The van der Waals surface area contributed by atoms with Crippen LogP contribution in [-0.4, -0.2) is 97.8 Å². The summed E-state index contributed by atoms with van der Waals surface area (Å²) < 4.78 is 10.5. The van der Waals surface area contributed by atoms with Crippen LogP contribution >= 0.6 is 55.4 Å². The summed E-state index contributed by atoms with van der Waals surface area (Å²) in [5.41, 5.74) is 1.23. The van der Waals surface area contributed by atoms with Gasteiger partial charge >= 0.3 is 17.9 Å². The molecule has 0 spiro atoms. The molecular formula is C41H60Br2O11S2. The number of carboxylic acids is 1. The van der Waals surface area contributed by atoms with Gasteiger partial charge in [0.1, 0.15) is 0 Å². The molecule has 2 rings (SSSR count). The number of carbonyl (C=O) groups excluding carboxylic acids is 5. The second kappa shape index (κ2) is 36.8. The van der Waals surface area contributed by atoms with Crippen LogP contribution in [0.15, 0.2) is 48.5 Å². The lowest BCUT2D eigenvalue weighted by Gasteiger charge is -2.10. The number of carbonyl (C=O) groups is 6. The van der Waals surface area contributed by atoms with Crippen molar-refractivity contribution < 1.29 is 53.6 Å². The van der Waals surface area contributed by atoms with Crippen molar-refractivity contribution in [3.63, 3.8) is 0 Å². The Labute approximate surface area is 358 Å². The molecular weight excluding hydrogens is 892 g/mol. The van der Waals surface area contributed by atoms with Crippen LogP contribution in [0, 0.1) is 11.8 Å². The maximum Gasteiger partial charge on any atom is 0.338 e. The van der Waals surface area contributed by atoms with Crippen molar-refractivity contribution in [2.24, 2.45) is 11.8 Å². The number of Topliss-reactive ketones (excluding diaryl/α,β-unsaturated/α-hetero) is 1. The molecule has 2 atom stereocenters. The van der Waals surface area contributed by atoms with E-state index in [0.717, 1.165) is 54.3 Å². The molecule has 0 radical (unpaired) electrons. The highest BCUT2D eigenvalue weighted by molar-refractivity contribution is 9.09. The number of thioether (sulfide) groups is 2. The van der Waals surface area contributed by atoms with Gasteiger partial charge in [-0.25, -0.2) is 14.4 Å². The summed E-state index contributed by atoms with van der Waals surface area (Å²) in [6.45, 7) is 10.4. The number of ketones is 1. The predicted octanol–water partition coefficient (Wildman–Crippen LogP) is 9.29. The molecule has 316 valence electrons. The highest BCUT2D eigenvalue weighted by atomic mass is 79.9. The van der Waals surface area contributed by atoms with Crippen molar-refractivity contribution in [1.82, 2.24) is 0 Å². The quantitative estimate of drug-likeness (QED) is 0.0440. The lowest BCUT2D eigenvalue weighted by Crippen LogP contribution is -2.14. The number of halogens is 2. The van der Waals surface area contributed by atoms with Crippen LogP contribution in [0.4, 0.5) is 0 Å². The zero-order valence-corrected chi connectivity index (χ0v) is 38.1. The number of alkyl halides is 2. The Hall–Kier alpha value is -2.56. The molecule has 56 heavy (non-hydrogen) atoms. The van der Waals surface area contributed by atoms with E-state index >= 15 is 0 Å². The summed E-state index contributed by atoms with van der Waals surface area (Å²) in [7, 11) is 0. The Morgan fingerprint density at radius 1 is 0.661 bits per heavy atom. The first-order valence-corrected chi connectivity index (χ1v) is 22.9. The third-order valence-corrected chi connectivity index (χ3v) is 10.9. The second-order valence-electron chi connectivity index (χ2n) is 12.4. The first kappa shape index (κ1) is 55.5. The molecule has 2 aromatic carbocycles. The molecule has 0 aliphatic rings. The Kier molecular flexibility index (Phi) is 36.5. The molecule has 0 aliphatic heterocycles. The number of hydrogen-bond acceptors (Lipinski definition) is 12. The van der Waals surface area contributed by atoms with Gasteiger partial charge in [0.05, 0.1) is 29.9 Å². The van der Waals surface area contributed by atoms with E-state index in [1.54, 1.807) is 30.3 Å². The van der Waals surface area contributed by atoms with Crippen molar-refractivity contribution in [1.29, 1.82) is 0 Å². The van der Waals surface area contributed by atoms with Crippen LogP contribution in [0.25, 0.3) is 0 Å². The zero-order chi connectivity index (χ0) is 42.7. The van der Waals surface area contributed by atoms with E-state index in [9.17, 15) is 28.8 Å². The Morgan fingerprint density at radius 3 is 1.55 bits per heavy atom. The van der Waals surface area contributed by atoms with Gasteiger partial charge < -0.3 is 24.8 Å². The van der Waals surface area contributed by atoms with Gasteiger partial charge in [0.15, 0.2) is 16.0 Å². The minimum Gasteiger partial charge on any atom is -0.478 e. The van der Waals surface area contributed by atoms with Gasteiger partial charge in [-0.3, -0.25) is 14.4 Å². The number of benzene rings is 2. The van der Waals surface area contributed by atoms with Crippen LogP contribution in [0.5, 0.6) is 0 Å². The van der Waals surface area contributed by atoms with Crippen molar-refractivity contribution >= 4 is 89.3 Å². The van der Waals surface area contributed by atoms with Crippen LogP contribution in [0.1, 0.15) is 127 Å². The molecule has 0 heterocycles. The number of unbranched alkanes of at least 4 members (excludes halogenated alkanes) is 4. The van der Waals surface area contributed by atoms with Crippen molar-refractivity contribution in [3.05, 3.63) is 70.8 Å². The fraction of sp³-hybridized carbons (Fsp3) is 0.561. The van der Waals surface area contributed by atoms with Gasteiger partial charge in [-0.15, -0.1) is 0 Å². The summed E-state index contributed by atoms with van der Waals surface area (Å²) in [5, 5.41) is 27.5. The van der Waals surface area contributed by atoms with Gasteiger partial charge in [-0.05, 0) is 92.7 Å². The number of aliphatic hydroxyl groups excluding tert-OH is 2. The molecule has 11 nitrogen and oxygen atoms in total. The minimum absolute atomic E-state index is 0.127. The Morgan fingerprint density at radius 2 is 1.12 bits per heavy atom. The van der Waals surface area contributed by atoms with Crippen LogP contribution in [0.2, 0.25) is 0 Å². The van der Waals surface area contributed by atoms with E-state index in [2.05, 4.69) is 31.9 Å². The van der Waals surface area contributed by atoms with Crippen LogP contribution in [-0.2, 0) is 19.1 Å². The van der Waals surface area contributed by atoms with Gasteiger partial charge in [0, 0.05) is 42.3 Å². The fourth-order valence-corrected chi connectivity index (χ4v) is 5.47. The number of aromatic carboxylic acids is 1. The third-order valence-electron chi connectivity index (χ3n) is 7.10. The number of aliphatic hydroxyl groups is 2. The normalized spacial score (nSPS) is 11.2. The molecule has 2 aromatic rings. The van der Waals surface area contributed by atoms with Gasteiger partial charge in [0.2, 0.25) is 0 Å². The zero-order valence-electron chi connectivity index (χ0n) is 33.3. The van der Waals surface area contributed by atoms with Gasteiger partial charge in [-0.2, -0.15) is 0 Å². The summed E-state index contributed by atoms with van der Waals surface area (Å²) in [5.74, 6) is 0.250. The molecule has 0 amide bonds. The highest BCUT2D eigenvalue weighted by Crippen LogP contribution is 2.13. The summed E-state index contributed by atoms with van der Waals surface area (Å²) >= 11 is 9.28. The third kappa shape index (κ3) is 30.6. The van der Waals surface area contributed by atoms with Crippen LogP contribution in [0.3, 0.4) is 0 Å². The van der Waals surface area contributed by atoms with E-state index in [0.29, 0.717) is 55.1 Å². The predicted molar refractivity (Wildman–Crippen MR) is 234 cm³/mol. The molecule has 0 saturated heterocycles. The summed E-state index contributed by atoms with van der Waals surface area (Å²) in [6.07, 6.45) is 6.28. The smallest absolute Gasteiger partial charge is 0.338 e. The molecule has 0 aromatic heterocycles. The molecule has 0 aliphatic carbocycles. The number of esters is 2. The number of rotatable bonds is 22. The van der Waals surface area contributed by atoms with Crippen LogP contribution < -0.4 is 0 Å². The van der Waals surface area contributed by atoms with Crippen molar-refractivity contribution in [2.45, 2.75) is 86.0 Å². The maximum absolute atomic E-state index is 12.1. The van der Waals surface area contributed by atoms with E-state index in [4.69, 9.17) is 24.8 Å². The minimum atomic E-state index is -1.02. The molecule has 0 fully saturated rings. The molecule has 0 saturated carbocycles. The molecule has 3 N–H and O–H groups in total. The van der Waals surface area contributed by atoms with Crippen molar-refractivity contribution in [3.8, 4) is 0 Å². The lowest BCUT2D eigenvalue weighted by atomic mass is 10.1. The molecule has 15 heteroatoms. The van der Waals surface area contributed by atoms with Gasteiger partial charge in [0.25, 0.3) is 0 Å². The molecule has 0 bridgehead atoms. The van der Waals surface area contributed by atoms with E-state index in [1.165, 1.54) is 48.6 Å². The van der Waals surface area contributed by atoms with E-state index in [-0.39, 0.29) is 40.7 Å². The van der Waals surface area contributed by atoms with Gasteiger partial charge in [-0.1, -0.05) is 108 Å². The Balaban J connectivity index is 0. The largest absolute Gasteiger partial charge is 0.478 e. The first-order chi connectivity index (χ1) is 26.7. The van der Waals surface area contributed by atoms with Crippen molar-refractivity contribution in [2.75, 3.05) is 48.6 Å². The lowest BCUT2D eigenvalue weighted by molar-refractivity contribution is -0.111. The fourth-order valence-electron chi connectivity index (χ4n) is 3.86. The maximum atomic E-state index is 12.1. The number of hydrogen-bond donors (Lipinski definition) is 3. The standard InChI is InChI=1S/C20H27BrO5S.C9H8O3.C8H16O2S.C4H9BrO/c1-3-27-18(22)10-5-4-6-11-25-19(23)16-8-7-9-17(12-16)20(24)26-14-15(2)13-21;1-6(10)7-3-2-4-8(5-7)9(11)12;1-2-11-8(10)6-4-3-5-7-9;1-4(2-5)3-6/h7-9,12,15H,3-6,10-11,13-14H2,1-2H3;2-5H,1H3,(H,11,12);9H,2-7H2,1H3;4,6H,2-3H2,1H3. The summed E-state index contributed by atoms with van der Waals surface area (Å²) in [6, 6.07) is 12.3. The molecule has 2 unspecified atom stereocenters. The van der Waals surface area contributed by atoms with E-state index < -0.39 is 17.9 Å². The topological polar surface area (TPSA) is 182 Å². The van der Waals surface area contributed by atoms with E-state index in [1.807, 2.05) is 27.7 Å². The summed E-state index contributed by atoms with van der Waals surface area (Å²) in [4.78, 5) is 67.8. The first-order valence-electron chi connectivity index (χ1n) is 18.6. The Bertz CT molecular complexity index is 1390. The average molecular weight is 953 g/mol. The second-order valence-corrected chi connectivity index (χ2v) is 16.4. The number of carboxylic acid groups (broad SMARTS) is 1.